The lowest BCUT2D eigenvalue weighted by Gasteiger charge is -2.20. The van der Waals surface area contributed by atoms with Crippen molar-refractivity contribution in [2.24, 2.45) is 5.92 Å². The number of aromatic nitrogens is 1. The first-order valence-electron chi connectivity index (χ1n) is 7.63. The molecule has 5 heteroatoms. The highest BCUT2D eigenvalue weighted by Gasteiger charge is 2.18. The fourth-order valence-corrected chi connectivity index (χ4v) is 2.32. The number of benzene rings is 1. The Morgan fingerprint density at radius 3 is 2.74 bits per heavy atom. The molecule has 0 fully saturated rings. The number of fused-ring (bicyclic) bond motifs is 1. The molecule has 0 aliphatic rings. The number of hydrogen-bond acceptors (Lipinski definition) is 4. The van der Waals surface area contributed by atoms with Gasteiger partial charge in [-0.1, -0.05) is 24.3 Å². The Balaban J connectivity index is 2.02. The van der Waals surface area contributed by atoms with Crippen LogP contribution in [0, 0.1) is 5.92 Å². The molecule has 1 aromatic carbocycles. The summed E-state index contributed by atoms with van der Waals surface area (Å²) in [5.74, 6) is -0.324. The van der Waals surface area contributed by atoms with Crippen LogP contribution in [0.25, 0.3) is 10.8 Å². The fraction of sp³-hybridized carbons (Fsp3) is 0.389. The highest BCUT2D eigenvalue weighted by atomic mass is 16.6. The molecule has 0 aliphatic carbocycles. The molecule has 0 bridgehead atoms. The van der Waals surface area contributed by atoms with E-state index >= 15 is 0 Å². The first kappa shape index (κ1) is 16.9. The molecule has 1 amide bonds. The van der Waals surface area contributed by atoms with Crippen molar-refractivity contribution in [3.8, 4) is 0 Å². The zero-order valence-corrected chi connectivity index (χ0v) is 13.7. The van der Waals surface area contributed by atoms with E-state index in [2.05, 4.69) is 10.3 Å². The minimum absolute atomic E-state index is 0.238. The predicted octanol–water partition coefficient (Wildman–Crippen LogP) is 3.12. The zero-order valence-electron chi connectivity index (χ0n) is 13.7. The normalized spacial score (nSPS) is 12.7. The van der Waals surface area contributed by atoms with Crippen LogP contribution in [-0.2, 0) is 16.0 Å². The number of carbonyl (C=O) groups excluding carboxylic acids is 2. The lowest BCUT2D eigenvalue weighted by atomic mass is 9.97. The van der Waals surface area contributed by atoms with Crippen molar-refractivity contribution in [2.45, 2.75) is 32.8 Å². The molecule has 1 heterocycles. The van der Waals surface area contributed by atoms with Gasteiger partial charge in [-0.3, -0.25) is 4.98 Å². The SMILES string of the molecule is CC(C)(C)OC(=O)NC[C@H](C=O)Cc1cncc2ccccc12. The minimum Gasteiger partial charge on any atom is -0.444 e. The van der Waals surface area contributed by atoms with E-state index in [4.69, 9.17) is 4.74 Å². The largest absolute Gasteiger partial charge is 0.444 e. The standard InChI is InChI=1S/C18H22N2O3/c1-18(2,3)23-17(22)20-9-13(12-21)8-15-11-19-10-14-6-4-5-7-16(14)15/h4-7,10-13H,8-9H2,1-3H3,(H,20,22)/t13-/m1/s1. The third-order valence-corrected chi connectivity index (χ3v) is 3.33. The van der Waals surface area contributed by atoms with Gasteiger partial charge in [0.1, 0.15) is 11.9 Å². The van der Waals surface area contributed by atoms with Crippen LogP contribution in [-0.4, -0.2) is 29.5 Å². The molecule has 1 aromatic heterocycles. The van der Waals surface area contributed by atoms with E-state index in [0.717, 1.165) is 22.6 Å². The van der Waals surface area contributed by atoms with Gasteiger partial charge in [-0.05, 0) is 38.1 Å². The van der Waals surface area contributed by atoms with E-state index in [1.165, 1.54) is 0 Å². The monoisotopic (exact) mass is 314 g/mol. The number of rotatable bonds is 5. The van der Waals surface area contributed by atoms with E-state index in [-0.39, 0.29) is 12.5 Å². The summed E-state index contributed by atoms with van der Waals surface area (Å²) < 4.78 is 5.17. The highest BCUT2D eigenvalue weighted by molar-refractivity contribution is 5.84. The molecule has 0 unspecified atom stereocenters. The molecule has 0 aliphatic heterocycles. The van der Waals surface area contributed by atoms with Crippen LogP contribution in [0.3, 0.4) is 0 Å². The summed E-state index contributed by atoms with van der Waals surface area (Å²) in [6, 6.07) is 7.91. The second-order valence-electron chi connectivity index (χ2n) is 6.50. The van der Waals surface area contributed by atoms with Crippen molar-refractivity contribution in [1.29, 1.82) is 0 Å². The molecule has 23 heavy (non-hydrogen) atoms. The van der Waals surface area contributed by atoms with Crippen LogP contribution in [0.4, 0.5) is 4.79 Å². The molecule has 0 saturated carbocycles. The third-order valence-electron chi connectivity index (χ3n) is 3.33. The average molecular weight is 314 g/mol. The molecular formula is C18H22N2O3. The van der Waals surface area contributed by atoms with Crippen LogP contribution in [0.15, 0.2) is 36.7 Å². The van der Waals surface area contributed by atoms with Gasteiger partial charge in [-0.25, -0.2) is 4.79 Å². The van der Waals surface area contributed by atoms with Crippen molar-refractivity contribution in [2.75, 3.05) is 6.54 Å². The molecule has 1 N–H and O–H groups in total. The quantitative estimate of drug-likeness (QED) is 0.861. The van der Waals surface area contributed by atoms with Gasteiger partial charge < -0.3 is 14.8 Å². The average Bonchev–Trinajstić information content (AvgIpc) is 2.50. The van der Waals surface area contributed by atoms with Crippen molar-refractivity contribution in [3.05, 3.63) is 42.2 Å². The maximum atomic E-state index is 11.7. The van der Waals surface area contributed by atoms with E-state index in [1.54, 1.807) is 33.2 Å². The molecule has 1 atom stereocenters. The van der Waals surface area contributed by atoms with E-state index < -0.39 is 11.7 Å². The lowest BCUT2D eigenvalue weighted by Crippen LogP contribution is -2.36. The molecule has 0 saturated heterocycles. The molecule has 0 spiro atoms. The Hall–Kier alpha value is -2.43. The summed E-state index contributed by atoms with van der Waals surface area (Å²) in [6.45, 7) is 5.63. The van der Waals surface area contributed by atoms with Crippen LogP contribution in [0.1, 0.15) is 26.3 Å². The minimum atomic E-state index is -0.555. The Labute approximate surface area is 136 Å². The number of pyridine rings is 1. The molecule has 122 valence electrons. The third kappa shape index (κ3) is 5.06. The van der Waals surface area contributed by atoms with Crippen LogP contribution < -0.4 is 5.32 Å². The molecular weight excluding hydrogens is 292 g/mol. The van der Waals surface area contributed by atoms with Crippen molar-refractivity contribution in [1.82, 2.24) is 10.3 Å². The number of aldehydes is 1. The maximum absolute atomic E-state index is 11.7. The van der Waals surface area contributed by atoms with Gasteiger partial charge in [-0.15, -0.1) is 0 Å². The number of alkyl carbamates (subject to hydrolysis) is 1. The summed E-state index contributed by atoms with van der Waals surface area (Å²) in [5, 5.41) is 4.76. The second kappa shape index (κ2) is 7.22. The van der Waals surface area contributed by atoms with E-state index in [9.17, 15) is 9.59 Å². The molecule has 2 rings (SSSR count). The van der Waals surface area contributed by atoms with Gasteiger partial charge in [0.2, 0.25) is 0 Å². The fourth-order valence-electron chi connectivity index (χ4n) is 2.32. The predicted molar refractivity (Wildman–Crippen MR) is 89.2 cm³/mol. The number of carbonyl (C=O) groups is 2. The van der Waals surface area contributed by atoms with Gasteiger partial charge in [-0.2, -0.15) is 0 Å². The molecule has 0 radical (unpaired) electrons. The molecule has 2 aromatic rings. The number of amides is 1. The van der Waals surface area contributed by atoms with Gasteiger partial charge >= 0.3 is 6.09 Å². The van der Waals surface area contributed by atoms with Gasteiger partial charge in [0.15, 0.2) is 0 Å². The van der Waals surface area contributed by atoms with Crippen molar-refractivity contribution < 1.29 is 14.3 Å². The summed E-state index contributed by atoms with van der Waals surface area (Å²) in [5.41, 5.74) is 0.437. The van der Waals surface area contributed by atoms with Crippen molar-refractivity contribution in [3.63, 3.8) is 0 Å². The molecule has 5 nitrogen and oxygen atoms in total. The summed E-state index contributed by atoms with van der Waals surface area (Å²) in [4.78, 5) is 27.2. The first-order chi connectivity index (χ1) is 10.9. The smallest absolute Gasteiger partial charge is 0.407 e. The van der Waals surface area contributed by atoms with E-state index in [0.29, 0.717) is 6.42 Å². The zero-order chi connectivity index (χ0) is 16.9. The topological polar surface area (TPSA) is 68.3 Å². The Kier molecular flexibility index (Phi) is 5.32. The second-order valence-corrected chi connectivity index (χ2v) is 6.50. The first-order valence-corrected chi connectivity index (χ1v) is 7.63. The van der Waals surface area contributed by atoms with Gasteiger partial charge in [0.05, 0.1) is 0 Å². The lowest BCUT2D eigenvalue weighted by molar-refractivity contribution is -0.110. The number of nitrogens with one attached hydrogen (secondary N) is 1. The number of hydrogen-bond donors (Lipinski definition) is 1. The van der Waals surface area contributed by atoms with Crippen LogP contribution in [0.2, 0.25) is 0 Å². The van der Waals surface area contributed by atoms with Crippen molar-refractivity contribution >= 4 is 23.2 Å². The number of ether oxygens (including phenoxy) is 1. The van der Waals surface area contributed by atoms with Gasteiger partial charge in [0.25, 0.3) is 0 Å². The highest BCUT2D eigenvalue weighted by Crippen LogP contribution is 2.19. The van der Waals surface area contributed by atoms with Crippen LogP contribution >= 0.6 is 0 Å². The van der Waals surface area contributed by atoms with Crippen LogP contribution in [0.5, 0.6) is 0 Å². The Morgan fingerprint density at radius 2 is 2.04 bits per heavy atom. The maximum Gasteiger partial charge on any atom is 0.407 e. The Bertz CT molecular complexity index is 687. The summed E-state index contributed by atoms with van der Waals surface area (Å²) in [7, 11) is 0. The Morgan fingerprint density at radius 1 is 1.30 bits per heavy atom. The number of nitrogens with zero attached hydrogens (tertiary/aromatic N) is 1. The summed E-state index contributed by atoms with van der Waals surface area (Å²) in [6.07, 6.45) is 4.44. The van der Waals surface area contributed by atoms with E-state index in [1.807, 2.05) is 24.3 Å². The summed E-state index contributed by atoms with van der Waals surface area (Å²) >= 11 is 0. The van der Waals surface area contributed by atoms with Gasteiger partial charge in [0, 0.05) is 30.2 Å².